The molecule has 0 aromatic heterocycles. The first-order valence-electron chi connectivity index (χ1n) is 3.89. The van der Waals surface area contributed by atoms with Gasteiger partial charge in [-0.15, -0.1) is 12.4 Å². The van der Waals surface area contributed by atoms with Gasteiger partial charge in [0.2, 0.25) is 0 Å². The number of hydrogen-bond donors (Lipinski definition) is 2. The van der Waals surface area contributed by atoms with E-state index in [1.807, 2.05) is 18.2 Å². The number of benzene rings is 1. The molecule has 80 valence electrons. The Bertz CT molecular complexity index is 296. The topological polar surface area (TPSA) is 55.5 Å². The van der Waals surface area contributed by atoms with Crippen molar-refractivity contribution in [2.75, 3.05) is 13.7 Å². The van der Waals surface area contributed by atoms with Gasteiger partial charge in [-0.3, -0.25) is 0 Å². The van der Waals surface area contributed by atoms with E-state index in [-0.39, 0.29) is 25.1 Å². The van der Waals surface area contributed by atoms with Crippen LogP contribution in [0.5, 0.6) is 5.75 Å². The highest BCUT2D eigenvalue weighted by atomic mass is 79.9. The van der Waals surface area contributed by atoms with Crippen LogP contribution in [0.4, 0.5) is 0 Å². The maximum absolute atomic E-state index is 8.83. The fraction of sp³-hybridized carbons (Fsp3) is 0.333. The average Bonchev–Trinajstić information content (AvgIpc) is 2.16. The first-order valence-corrected chi connectivity index (χ1v) is 4.68. The SMILES string of the molecule is COc1ccc([C@@H](N)CO)cc1Br.Cl. The van der Waals surface area contributed by atoms with Crippen molar-refractivity contribution in [3.8, 4) is 5.75 Å². The van der Waals surface area contributed by atoms with Gasteiger partial charge in [-0.05, 0) is 33.6 Å². The summed E-state index contributed by atoms with van der Waals surface area (Å²) in [4.78, 5) is 0. The van der Waals surface area contributed by atoms with E-state index < -0.39 is 0 Å². The largest absolute Gasteiger partial charge is 0.496 e. The smallest absolute Gasteiger partial charge is 0.133 e. The van der Waals surface area contributed by atoms with E-state index in [0.29, 0.717) is 0 Å². The van der Waals surface area contributed by atoms with Gasteiger partial charge in [0.1, 0.15) is 5.75 Å². The second-order valence-electron chi connectivity index (χ2n) is 2.68. The van der Waals surface area contributed by atoms with Crippen LogP contribution in [0.2, 0.25) is 0 Å². The Morgan fingerprint density at radius 3 is 2.64 bits per heavy atom. The molecule has 0 saturated carbocycles. The second kappa shape index (κ2) is 6.24. The first kappa shape index (κ1) is 13.7. The van der Waals surface area contributed by atoms with E-state index in [9.17, 15) is 0 Å². The third-order valence-corrected chi connectivity index (χ3v) is 2.42. The van der Waals surface area contributed by atoms with Gasteiger partial charge in [0, 0.05) is 0 Å². The van der Waals surface area contributed by atoms with E-state index >= 15 is 0 Å². The molecule has 0 amide bonds. The van der Waals surface area contributed by atoms with Gasteiger partial charge in [-0.2, -0.15) is 0 Å². The molecule has 0 radical (unpaired) electrons. The van der Waals surface area contributed by atoms with Gasteiger partial charge in [-0.1, -0.05) is 6.07 Å². The Morgan fingerprint density at radius 1 is 1.57 bits per heavy atom. The lowest BCUT2D eigenvalue weighted by molar-refractivity contribution is 0.268. The first-order chi connectivity index (χ1) is 6.19. The summed E-state index contributed by atoms with van der Waals surface area (Å²) in [6, 6.07) is 5.17. The predicted molar refractivity (Wildman–Crippen MR) is 62.0 cm³/mol. The van der Waals surface area contributed by atoms with Crippen molar-refractivity contribution in [1.82, 2.24) is 0 Å². The molecule has 0 bridgehead atoms. The van der Waals surface area contributed by atoms with E-state index in [1.165, 1.54) is 0 Å². The maximum Gasteiger partial charge on any atom is 0.133 e. The summed E-state index contributed by atoms with van der Waals surface area (Å²) in [5, 5.41) is 8.83. The van der Waals surface area contributed by atoms with Gasteiger partial charge in [0.15, 0.2) is 0 Å². The van der Waals surface area contributed by atoms with E-state index in [0.717, 1.165) is 15.8 Å². The van der Waals surface area contributed by atoms with Crippen LogP contribution in [0.15, 0.2) is 22.7 Å². The Labute approximate surface area is 97.8 Å². The minimum Gasteiger partial charge on any atom is -0.496 e. The Hall–Kier alpha value is -0.290. The summed E-state index contributed by atoms with van der Waals surface area (Å²) in [6.07, 6.45) is 0. The van der Waals surface area contributed by atoms with Gasteiger partial charge in [-0.25, -0.2) is 0 Å². The van der Waals surface area contributed by atoms with E-state index in [2.05, 4.69) is 15.9 Å². The number of rotatable bonds is 3. The number of halogens is 2. The maximum atomic E-state index is 8.83. The molecule has 1 rings (SSSR count). The molecule has 0 saturated heterocycles. The lowest BCUT2D eigenvalue weighted by Gasteiger charge is -2.10. The van der Waals surface area contributed by atoms with Crippen LogP contribution in [-0.2, 0) is 0 Å². The van der Waals surface area contributed by atoms with Crippen LogP contribution < -0.4 is 10.5 Å². The Kier molecular flexibility index (Phi) is 6.11. The van der Waals surface area contributed by atoms with Crippen molar-refractivity contribution in [2.45, 2.75) is 6.04 Å². The Morgan fingerprint density at radius 2 is 2.21 bits per heavy atom. The Balaban J connectivity index is 0.00000169. The van der Waals surface area contributed by atoms with Crippen LogP contribution in [0, 0.1) is 0 Å². The summed E-state index contributed by atoms with van der Waals surface area (Å²) >= 11 is 3.34. The lowest BCUT2D eigenvalue weighted by Crippen LogP contribution is -2.14. The van der Waals surface area contributed by atoms with Crippen molar-refractivity contribution in [3.05, 3.63) is 28.2 Å². The zero-order valence-corrected chi connectivity index (χ0v) is 10.1. The molecule has 3 N–H and O–H groups in total. The van der Waals surface area contributed by atoms with Gasteiger partial charge in [0.25, 0.3) is 0 Å². The molecule has 0 heterocycles. The van der Waals surface area contributed by atoms with E-state index in [4.69, 9.17) is 15.6 Å². The summed E-state index contributed by atoms with van der Waals surface area (Å²) < 4.78 is 5.91. The molecule has 0 fully saturated rings. The summed E-state index contributed by atoms with van der Waals surface area (Å²) in [5.74, 6) is 0.758. The van der Waals surface area contributed by atoms with Crippen molar-refractivity contribution in [2.24, 2.45) is 5.73 Å². The molecule has 1 atom stereocenters. The van der Waals surface area contributed by atoms with Crippen molar-refractivity contribution >= 4 is 28.3 Å². The van der Waals surface area contributed by atoms with Crippen LogP contribution in [0.1, 0.15) is 11.6 Å². The molecular weight excluding hydrogens is 269 g/mol. The summed E-state index contributed by atoms with van der Waals surface area (Å²) in [6.45, 7) is -0.0568. The minimum absolute atomic E-state index is 0. The average molecular weight is 283 g/mol. The van der Waals surface area contributed by atoms with Crippen LogP contribution >= 0.6 is 28.3 Å². The second-order valence-corrected chi connectivity index (χ2v) is 3.54. The number of nitrogens with two attached hydrogens (primary N) is 1. The van der Waals surface area contributed by atoms with Crippen LogP contribution in [0.25, 0.3) is 0 Å². The van der Waals surface area contributed by atoms with Crippen molar-refractivity contribution < 1.29 is 9.84 Å². The zero-order chi connectivity index (χ0) is 9.84. The highest BCUT2D eigenvalue weighted by Gasteiger charge is 2.06. The summed E-state index contributed by atoms with van der Waals surface area (Å²) in [5.41, 5.74) is 6.53. The highest BCUT2D eigenvalue weighted by molar-refractivity contribution is 9.10. The van der Waals surface area contributed by atoms with Gasteiger partial charge in [0.05, 0.1) is 24.2 Å². The number of ether oxygens (including phenoxy) is 1. The minimum atomic E-state index is -0.331. The normalized spacial score (nSPS) is 11.7. The fourth-order valence-corrected chi connectivity index (χ4v) is 1.58. The standard InChI is InChI=1S/C9H12BrNO2.ClH/c1-13-9-3-2-6(4-7(9)10)8(11)5-12;/h2-4,8,12H,5,11H2,1H3;1H/t8-;/m0./s1. The zero-order valence-electron chi connectivity index (χ0n) is 7.74. The third-order valence-electron chi connectivity index (χ3n) is 1.80. The number of hydrogen-bond acceptors (Lipinski definition) is 3. The monoisotopic (exact) mass is 281 g/mol. The molecular formula is C9H13BrClNO2. The number of aliphatic hydroxyl groups excluding tert-OH is 1. The molecule has 0 aliphatic heterocycles. The predicted octanol–water partition coefficient (Wildman–Crippen LogP) is 1.87. The van der Waals surface area contributed by atoms with Gasteiger partial charge < -0.3 is 15.6 Å². The lowest BCUT2D eigenvalue weighted by atomic mass is 10.1. The molecule has 5 heteroatoms. The number of aliphatic hydroxyl groups is 1. The van der Waals surface area contributed by atoms with Crippen LogP contribution in [-0.4, -0.2) is 18.8 Å². The third kappa shape index (κ3) is 3.13. The molecule has 1 aromatic rings. The molecule has 0 spiro atoms. The summed E-state index contributed by atoms with van der Waals surface area (Å²) in [7, 11) is 1.60. The van der Waals surface area contributed by atoms with Crippen molar-refractivity contribution in [3.63, 3.8) is 0 Å². The van der Waals surface area contributed by atoms with Crippen molar-refractivity contribution in [1.29, 1.82) is 0 Å². The molecule has 0 unspecified atom stereocenters. The fourth-order valence-electron chi connectivity index (χ4n) is 1.02. The molecule has 0 aliphatic carbocycles. The van der Waals surface area contributed by atoms with Gasteiger partial charge >= 0.3 is 0 Å². The molecule has 1 aromatic carbocycles. The van der Waals surface area contributed by atoms with E-state index in [1.54, 1.807) is 7.11 Å². The number of methoxy groups -OCH3 is 1. The molecule has 0 aliphatic rings. The molecule has 3 nitrogen and oxygen atoms in total. The van der Waals surface area contributed by atoms with Crippen LogP contribution in [0.3, 0.4) is 0 Å². The quantitative estimate of drug-likeness (QED) is 0.890. The molecule has 14 heavy (non-hydrogen) atoms. The highest BCUT2D eigenvalue weighted by Crippen LogP contribution is 2.27.